The summed E-state index contributed by atoms with van der Waals surface area (Å²) in [7, 11) is 1.79. The van der Waals surface area contributed by atoms with Crippen LogP contribution < -0.4 is 5.73 Å². The summed E-state index contributed by atoms with van der Waals surface area (Å²) in [6, 6.07) is 17.6. The summed E-state index contributed by atoms with van der Waals surface area (Å²) in [5.41, 5.74) is 11.3. The molecular formula is C23H28N4O. The lowest BCUT2D eigenvalue weighted by atomic mass is 9.91. The van der Waals surface area contributed by atoms with Crippen LogP contribution in [0, 0.1) is 20.8 Å². The van der Waals surface area contributed by atoms with Crippen molar-refractivity contribution in [1.82, 2.24) is 14.7 Å². The van der Waals surface area contributed by atoms with E-state index in [4.69, 9.17) is 10.8 Å². The number of aromatic nitrogens is 2. The highest BCUT2D eigenvalue weighted by Gasteiger charge is 2.33. The van der Waals surface area contributed by atoms with Gasteiger partial charge in [0.15, 0.2) is 0 Å². The minimum Gasteiger partial charge on any atom is -0.339 e. The number of aryl methyl sites for hydroxylation is 2. The fourth-order valence-electron chi connectivity index (χ4n) is 3.55. The third-order valence-corrected chi connectivity index (χ3v) is 5.34. The van der Waals surface area contributed by atoms with Crippen LogP contribution >= 0.6 is 0 Å². The molecule has 1 aromatic heterocycles. The summed E-state index contributed by atoms with van der Waals surface area (Å²) in [6.45, 7) is 8.31. The van der Waals surface area contributed by atoms with Crippen molar-refractivity contribution >= 4 is 5.91 Å². The van der Waals surface area contributed by atoms with E-state index in [0.29, 0.717) is 6.54 Å². The molecule has 1 amide bonds. The van der Waals surface area contributed by atoms with Crippen LogP contribution in [0.25, 0.3) is 5.69 Å². The van der Waals surface area contributed by atoms with E-state index in [0.717, 1.165) is 33.8 Å². The van der Waals surface area contributed by atoms with Crippen molar-refractivity contribution in [3.05, 3.63) is 82.7 Å². The standard InChI is InChI=1S/C23H28N4O/c1-16-11-9-10-14-21(16)27-18(3)20(17(2)25-27)15-26(5)22(28)23(4,24)19-12-7-6-8-13-19/h6-14H,15,24H2,1-5H3. The number of benzene rings is 2. The number of hydrogen-bond acceptors (Lipinski definition) is 3. The van der Waals surface area contributed by atoms with E-state index in [9.17, 15) is 4.79 Å². The summed E-state index contributed by atoms with van der Waals surface area (Å²) in [5, 5.41) is 4.72. The van der Waals surface area contributed by atoms with Crippen LogP contribution in [0.4, 0.5) is 0 Å². The van der Waals surface area contributed by atoms with E-state index in [1.807, 2.05) is 61.0 Å². The third kappa shape index (κ3) is 3.58. The topological polar surface area (TPSA) is 64.2 Å². The molecule has 3 rings (SSSR count). The highest BCUT2D eigenvalue weighted by molar-refractivity contribution is 5.86. The molecule has 0 aliphatic carbocycles. The SMILES string of the molecule is Cc1ccccc1-n1nc(C)c(CN(C)C(=O)C(C)(N)c2ccccc2)c1C. The van der Waals surface area contributed by atoms with Gasteiger partial charge in [0.05, 0.1) is 11.4 Å². The van der Waals surface area contributed by atoms with Crippen molar-refractivity contribution in [3.8, 4) is 5.69 Å². The van der Waals surface area contributed by atoms with Gasteiger partial charge in [-0.15, -0.1) is 0 Å². The molecule has 0 saturated heterocycles. The molecule has 28 heavy (non-hydrogen) atoms. The molecule has 2 aromatic carbocycles. The van der Waals surface area contributed by atoms with Crippen molar-refractivity contribution in [1.29, 1.82) is 0 Å². The molecule has 0 fully saturated rings. The Morgan fingerprint density at radius 2 is 1.68 bits per heavy atom. The maximum atomic E-state index is 13.1. The fraction of sp³-hybridized carbons (Fsp3) is 0.304. The van der Waals surface area contributed by atoms with Crippen molar-refractivity contribution in [2.45, 2.75) is 39.8 Å². The number of carbonyl (C=O) groups excluding carboxylic acids is 1. The normalized spacial score (nSPS) is 13.2. The number of carbonyl (C=O) groups is 1. The highest BCUT2D eigenvalue weighted by atomic mass is 16.2. The van der Waals surface area contributed by atoms with Gasteiger partial charge < -0.3 is 10.6 Å². The first-order valence-corrected chi connectivity index (χ1v) is 9.44. The van der Waals surface area contributed by atoms with Crippen LogP contribution in [0.2, 0.25) is 0 Å². The van der Waals surface area contributed by atoms with Crippen LogP contribution in [-0.2, 0) is 16.9 Å². The molecule has 0 aliphatic heterocycles. The Labute approximate surface area is 166 Å². The summed E-state index contributed by atoms with van der Waals surface area (Å²) in [5.74, 6) is -0.124. The zero-order chi connectivity index (χ0) is 20.5. The molecule has 0 spiro atoms. The second kappa shape index (κ2) is 7.60. The van der Waals surface area contributed by atoms with E-state index in [1.165, 1.54) is 0 Å². The Hall–Kier alpha value is -2.92. The largest absolute Gasteiger partial charge is 0.339 e. The van der Waals surface area contributed by atoms with Crippen molar-refractivity contribution < 1.29 is 4.79 Å². The zero-order valence-electron chi connectivity index (χ0n) is 17.2. The smallest absolute Gasteiger partial charge is 0.247 e. The van der Waals surface area contributed by atoms with Gasteiger partial charge in [0.1, 0.15) is 5.54 Å². The Morgan fingerprint density at radius 3 is 2.32 bits per heavy atom. The van der Waals surface area contributed by atoms with Crippen LogP contribution in [0.5, 0.6) is 0 Å². The molecule has 0 bridgehead atoms. The first kappa shape index (κ1) is 19.8. The first-order chi connectivity index (χ1) is 13.2. The van der Waals surface area contributed by atoms with Gasteiger partial charge in [0.2, 0.25) is 5.91 Å². The average Bonchev–Trinajstić information content (AvgIpc) is 2.96. The number of amides is 1. The molecular weight excluding hydrogens is 348 g/mol. The van der Waals surface area contributed by atoms with Gasteiger partial charge in [0.25, 0.3) is 0 Å². The summed E-state index contributed by atoms with van der Waals surface area (Å²) < 4.78 is 1.96. The number of hydrogen-bond donors (Lipinski definition) is 1. The van der Waals surface area contributed by atoms with Gasteiger partial charge in [0, 0.05) is 24.8 Å². The third-order valence-electron chi connectivity index (χ3n) is 5.34. The minimum absolute atomic E-state index is 0.124. The Balaban J connectivity index is 1.88. The van der Waals surface area contributed by atoms with E-state index in [-0.39, 0.29) is 5.91 Å². The predicted octanol–water partition coefficient (Wildman–Crippen LogP) is 3.63. The molecule has 1 heterocycles. The van der Waals surface area contributed by atoms with E-state index in [1.54, 1.807) is 18.9 Å². The molecule has 5 heteroatoms. The van der Waals surface area contributed by atoms with Gasteiger partial charge in [-0.2, -0.15) is 5.10 Å². The molecule has 146 valence electrons. The fourth-order valence-corrected chi connectivity index (χ4v) is 3.55. The van der Waals surface area contributed by atoms with Crippen LogP contribution in [0.1, 0.15) is 35.0 Å². The van der Waals surface area contributed by atoms with Crippen molar-refractivity contribution in [3.63, 3.8) is 0 Å². The van der Waals surface area contributed by atoms with E-state index < -0.39 is 5.54 Å². The van der Waals surface area contributed by atoms with Gasteiger partial charge in [-0.3, -0.25) is 4.79 Å². The lowest BCUT2D eigenvalue weighted by Crippen LogP contribution is -2.49. The maximum absolute atomic E-state index is 13.1. The zero-order valence-corrected chi connectivity index (χ0v) is 17.2. The summed E-state index contributed by atoms with van der Waals surface area (Å²) in [6.07, 6.45) is 0. The number of para-hydroxylation sites is 1. The Morgan fingerprint density at radius 1 is 1.07 bits per heavy atom. The molecule has 0 aliphatic rings. The van der Waals surface area contributed by atoms with Crippen LogP contribution in [0.15, 0.2) is 54.6 Å². The molecule has 3 aromatic rings. The predicted molar refractivity (Wildman–Crippen MR) is 112 cm³/mol. The van der Waals surface area contributed by atoms with Crippen LogP contribution in [0.3, 0.4) is 0 Å². The summed E-state index contributed by atoms with van der Waals surface area (Å²) >= 11 is 0. The lowest BCUT2D eigenvalue weighted by molar-refractivity contribution is -0.136. The van der Waals surface area contributed by atoms with E-state index in [2.05, 4.69) is 19.1 Å². The number of nitrogens with two attached hydrogens (primary N) is 1. The average molecular weight is 377 g/mol. The minimum atomic E-state index is -1.08. The van der Waals surface area contributed by atoms with Crippen molar-refractivity contribution in [2.75, 3.05) is 7.05 Å². The number of likely N-dealkylation sites (N-methyl/N-ethyl adjacent to an activating group) is 1. The second-order valence-electron chi connectivity index (χ2n) is 7.58. The quantitative estimate of drug-likeness (QED) is 0.739. The summed E-state index contributed by atoms with van der Waals surface area (Å²) in [4.78, 5) is 14.8. The number of rotatable bonds is 5. The first-order valence-electron chi connectivity index (χ1n) is 9.44. The molecule has 0 saturated carbocycles. The second-order valence-corrected chi connectivity index (χ2v) is 7.58. The highest BCUT2D eigenvalue weighted by Crippen LogP contribution is 2.24. The molecule has 5 nitrogen and oxygen atoms in total. The lowest BCUT2D eigenvalue weighted by Gasteiger charge is -2.29. The van der Waals surface area contributed by atoms with Crippen molar-refractivity contribution in [2.24, 2.45) is 5.73 Å². The molecule has 0 radical (unpaired) electrons. The van der Waals surface area contributed by atoms with Gasteiger partial charge in [-0.25, -0.2) is 4.68 Å². The Kier molecular flexibility index (Phi) is 5.38. The monoisotopic (exact) mass is 376 g/mol. The van der Waals surface area contributed by atoms with Crippen LogP contribution in [-0.4, -0.2) is 27.6 Å². The van der Waals surface area contributed by atoms with Gasteiger partial charge in [-0.1, -0.05) is 48.5 Å². The number of nitrogens with zero attached hydrogens (tertiary/aromatic N) is 3. The van der Waals surface area contributed by atoms with Gasteiger partial charge in [-0.05, 0) is 44.9 Å². The molecule has 2 N–H and O–H groups in total. The maximum Gasteiger partial charge on any atom is 0.247 e. The Bertz CT molecular complexity index is 989. The molecule has 1 unspecified atom stereocenters. The van der Waals surface area contributed by atoms with E-state index >= 15 is 0 Å². The molecule has 1 atom stereocenters. The van der Waals surface area contributed by atoms with Gasteiger partial charge >= 0.3 is 0 Å².